The highest BCUT2D eigenvalue weighted by Crippen LogP contribution is 2.12. The lowest BCUT2D eigenvalue weighted by atomic mass is 10.3. The summed E-state index contributed by atoms with van der Waals surface area (Å²) in [7, 11) is 4.69. The van der Waals surface area contributed by atoms with Crippen LogP contribution < -0.4 is 0 Å². The van der Waals surface area contributed by atoms with Crippen molar-refractivity contribution in [2.45, 2.75) is 39.8 Å². The van der Waals surface area contributed by atoms with Crippen LogP contribution in [0.1, 0.15) is 27.7 Å². The lowest BCUT2D eigenvalue weighted by Crippen LogP contribution is -2.26. The van der Waals surface area contributed by atoms with Crippen LogP contribution in [-0.2, 0) is 0 Å². The molecule has 0 aromatic carbocycles. The van der Waals surface area contributed by atoms with Crippen molar-refractivity contribution in [1.82, 2.24) is 0 Å². The molecule has 3 heteroatoms. The highest BCUT2D eigenvalue weighted by atomic mass is 29.5. The summed E-state index contributed by atoms with van der Waals surface area (Å²) < 4.78 is 0. The molecule has 0 nitrogen and oxygen atoms in total. The molecule has 0 saturated heterocycles. The van der Waals surface area contributed by atoms with E-state index in [4.69, 9.17) is 0 Å². The van der Waals surface area contributed by atoms with Crippen molar-refractivity contribution in [2.24, 2.45) is 11.8 Å². The van der Waals surface area contributed by atoms with Crippen LogP contribution in [-0.4, -0.2) is 26.6 Å². The van der Waals surface area contributed by atoms with E-state index >= 15 is 0 Å². The van der Waals surface area contributed by atoms with Crippen molar-refractivity contribution in [2.75, 3.05) is 0 Å². The van der Waals surface area contributed by atoms with Gasteiger partial charge in [0.25, 0.3) is 0 Å². The summed E-state index contributed by atoms with van der Waals surface area (Å²) in [6.07, 6.45) is 0. The van der Waals surface area contributed by atoms with Crippen molar-refractivity contribution >= 4 is 26.6 Å². The molecule has 0 atom stereocenters. The maximum absolute atomic E-state index is 3.69. The van der Waals surface area contributed by atoms with Crippen molar-refractivity contribution in [3.05, 3.63) is 0 Å². The molecule has 0 saturated carbocycles. The molecule has 0 aliphatic heterocycles. The molecule has 0 aromatic heterocycles. The predicted molar refractivity (Wildman–Crippen MR) is 56.6 cm³/mol. The van der Waals surface area contributed by atoms with Crippen molar-refractivity contribution in [3.8, 4) is 0 Å². The van der Waals surface area contributed by atoms with E-state index in [-0.39, 0.29) is 8.31 Å². The summed E-state index contributed by atoms with van der Waals surface area (Å²) in [5.41, 5.74) is 0. The molecule has 0 aromatic rings. The topological polar surface area (TPSA) is 0 Å². The Morgan fingerprint density at radius 1 is 1.09 bits per heavy atom. The van der Waals surface area contributed by atoms with Crippen LogP contribution in [0, 0.1) is 11.8 Å². The van der Waals surface area contributed by atoms with Gasteiger partial charge in [0, 0.05) is 26.6 Å². The highest BCUT2D eigenvalue weighted by molar-refractivity contribution is 7.31. The van der Waals surface area contributed by atoms with E-state index in [9.17, 15) is 0 Å². The first-order valence-corrected chi connectivity index (χ1v) is 9.75. The zero-order chi connectivity index (χ0) is 8.85. The average molecular weight is 198 g/mol. The first-order valence-electron chi connectivity index (χ1n) is 4.33. The van der Waals surface area contributed by atoms with E-state index in [1.54, 1.807) is 0 Å². The van der Waals surface area contributed by atoms with E-state index in [0.717, 1.165) is 20.4 Å². The Labute approximate surface area is 78.6 Å². The SMILES string of the molecule is CC(C)C[Si](CC(C)C)[Si][Si]. The van der Waals surface area contributed by atoms with Crippen molar-refractivity contribution < 1.29 is 0 Å². The summed E-state index contributed by atoms with van der Waals surface area (Å²) in [5.74, 6) is 1.79. The molecule has 0 unspecified atom stereocenters. The lowest BCUT2D eigenvalue weighted by Gasteiger charge is -2.16. The Balaban J connectivity index is 3.58. The third-order valence-corrected chi connectivity index (χ3v) is 9.93. The molecule has 11 heavy (non-hydrogen) atoms. The average Bonchev–Trinajstić information content (AvgIpc) is 1.84. The summed E-state index contributed by atoms with van der Waals surface area (Å²) >= 11 is 0. The van der Waals surface area contributed by atoms with Gasteiger partial charge in [-0.3, -0.25) is 0 Å². The molecule has 62 valence electrons. The fourth-order valence-corrected chi connectivity index (χ4v) is 8.41. The minimum absolute atomic E-state index is 0.0417. The number of rotatable bonds is 5. The molecule has 0 rings (SSSR count). The zero-order valence-corrected chi connectivity index (χ0v) is 11.1. The first kappa shape index (κ1) is 11.7. The molecule has 0 heterocycles. The summed E-state index contributed by atoms with van der Waals surface area (Å²) in [5, 5.41) is 0. The Hall–Kier alpha value is 0.651. The molecule has 6 radical (unpaired) electrons. The quantitative estimate of drug-likeness (QED) is 0.594. The third-order valence-electron chi connectivity index (χ3n) is 1.49. The normalized spacial score (nSPS) is 12.0. The van der Waals surface area contributed by atoms with Gasteiger partial charge in [-0.25, -0.2) is 0 Å². The molecule has 0 aliphatic carbocycles. The molecule has 0 N–H and O–H groups in total. The molecule has 0 spiro atoms. The lowest BCUT2D eigenvalue weighted by molar-refractivity contribution is 0.697. The van der Waals surface area contributed by atoms with Gasteiger partial charge in [0.2, 0.25) is 0 Å². The van der Waals surface area contributed by atoms with Crippen LogP contribution in [0.3, 0.4) is 0 Å². The van der Waals surface area contributed by atoms with Gasteiger partial charge in [0.1, 0.15) is 0 Å². The molecule has 0 bridgehead atoms. The maximum Gasteiger partial charge on any atom is 0.0308 e. The van der Waals surface area contributed by atoms with Gasteiger partial charge in [-0.1, -0.05) is 39.8 Å². The van der Waals surface area contributed by atoms with Crippen molar-refractivity contribution in [3.63, 3.8) is 0 Å². The standard InChI is InChI=1S/C8H18Si3/c1-7(2)5-11(10-9)6-8(3)4/h7-8H,5-6H2,1-4H3. The molecule has 0 fully saturated rings. The predicted octanol–water partition coefficient (Wildman–Crippen LogP) is 2.08. The Morgan fingerprint density at radius 3 is 1.64 bits per heavy atom. The van der Waals surface area contributed by atoms with Crippen molar-refractivity contribution in [1.29, 1.82) is 0 Å². The summed E-state index contributed by atoms with van der Waals surface area (Å²) in [4.78, 5) is 0. The Kier molecular flexibility index (Phi) is 6.56. The molecular formula is C8H18Si3. The van der Waals surface area contributed by atoms with Crippen LogP contribution >= 0.6 is 0 Å². The largest absolute Gasteiger partial charge is 0.0631 e. The Morgan fingerprint density at radius 2 is 1.45 bits per heavy atom. The summed E-state index contributed by atoms with van der Waals surface area (Å²) in [6.45, 7) is 9.32. The molecule has 0 aliphatic rings. The highest BCUT2D eigenvalue weighted by Gasteiger charge is 2.12. The van der Waals surface area contributed by atoms with Gasteiger partial charge < -0.3 is 0 Å². The monoisotopic (exact) mass is 198 g/mol. The fraction of sp³-hybridized carbons (Fsp3) is 1.00. The number of hydrogen-bond acceptors (Lipinski definition) is 0. The second-order valence-corrected chi connectivity index (χ2v) is 11.3. The van der Waals surface area contributed by atoms with Gasteiger partial charge in [-0.2, -0.15) is 0 Å². The van der Waals surface area contributed by atoms with Crippen LogP contribution in [0.25, 0.3) is 0 Å². The van der Waals surface area contributed by atoms with E-state index in [1.807, 2.05) is 0 Å². The van der Waals surface area contributed by atoms with Gasteiger partial charge in [0.15, 0.2) is 0 Å². The molecular weight excluding hydrogens is 180 g/mol. The Bertz CT molecular complexity index is 81.3. The minimum atomic E-state index is -0.0417. The van der Waals surface area contributed by atoms with E-state index in [1.165, 1.54) is 12.1 Å². The van der Waals surface area contributed by atoms with Crippen LogP contribution in [0.2, 0.25) is 12.1 Å². The van der Waals surface area contributed by atoms with Crippen LogP contribution in [0.4, 0.5) is 0 Å². The van der Waals surface area contributed by atoms with Gasteiger partial charge in [-0.05, 0) is 11.8 Å². The molecule has 0 amide bonds. The third kappa shape index (κ3) is 7.03. The summed E-state index contributed by atoms with van der Waals surface area (Å²) in [6, 6.07) is 2.95. The number of hydrogen-bond donors (Lipinski definition) is 0. The van der Waals surface area contributed by atoms with Crippen LogP contribution in [0.15, 0.2) is 0 Å². The second-order valence-electron chi connectivity index (χ2n) is 3.92. The van der Waals surface area contributed by atoms with Gasteiger partial charge >= 0.3 is 0 Å². The van der Waals surface area contributed by atoms with E-state index < -0.39 is 0 Å². The second kappa shape index (κ2) is 6.20. The van der Waals surface area contributed by atoms with E-state index in [2.05, 4.69) is 37.5 Å². The van der Waals surface area contributed by atoms with E-state index in [0.29, 0.717) is 0 Å². The fourth-order valence-electron chi connectivity index (χ4n) is 1.17. The smallest absolute Gasteiger partial charge is 0.0308 e. The zero-order valence-electron chi connectivity index (χ0n) is 8.07. The van der Waals surface area contributed by atoms with Crippen LogP contribution in [0.5, 0.6) is 0 Å². The van der Waals surface area contributed by atoms with Gasteiger partial charge in [-0.15, -0.1) is 0 Å². The van der Waals surface area contributed by atoms with Gasteiger partial charge in [0.05, 0.1) is 0 Å². The maximum atomic E-state index is 3.69. The minimum Gasteiger partial charge on any atom is -0.0631 e. The first-order chi connectivity index (χ1) is 5.06.